The van der Waals surface area contributed by atoms with Gasteiger partial charge in [-0.1, -0.05) is 52.9 Å². The van der Waals surface area contributed by atoms with Crippen molar-refractivity contribution in [2.75, 3.05) is 26.7 Å². The van der Waals surface area contributed by atoms with E-state index in [9.17, 15) is 4.79 Å². The van der Waals surface area contributed by atoms with Crippen molar-refractivity contribution in [1.82, 2.24) is 10.2 Å². The Hall–Kier alpha value is -0.770. The van der Waals surface area contributed by atoms with Gasteiger partial charge in [-0.05, 0) is 32.9 Å². The van der Waals surface area contributed by atoms with Gasteiger partial charge in [0.15, 0.2) is 0 Å². The fraction of sp³-hybridized carbons (Fsp3) is 0.941. The first-order valence-electron chi connectivity index (χ1n) is 8.76. The van der Waals surface area contributed by atoms with Gasteiger partial charge in [-0.3, -0.25) is 0 Å². The summed E-state index contributed by atoms with van der Waals surface area (Å²) in [5, 5.41) is 2.85. The Morgan fingerprint density at radius 3 is 2.33 bits per heavy atom. The molecule has 4 heteroatoms. The number of hydrogen-bond acceptors (Lipinski definition) is 3. The lowest BCUT2D eigenvalue weighted by atomic mass is 10.0. The molecule has 1 N–H and O–H groups in total. The van der Waals surface area contributed by atoms with E-state index in [1.165, 1.54) is 19.3 Å². The normalized spacial score (nSPS) is 12.4. The van der Waals surface area contributed by atoms with E-state index in [1.807, 2.05) is 7.05 Å². The van der Waals surface area contributed by atoms with Gasteiger partial charge in [0.1, 0.15) is 6.10 Å². The molecular weight excluding hydrogens is 264 g/mol. The van der Waals surface area contributed by atoms with Crippen LogP contribution in [0.25, 0.3) is 0 Å². The molecule has 0 rings (SSSR count). The molecule has 21 heavy (non-hydrogen) atoms. The molecule has 0 spiro atoms. The maximum atomic E-state index is 11.8. The van der Waals surface area contributed by atoms with Gasteiger partial charge in [-0.25, -0.2) is 4.79 Å². The number of carbonyl (C=O) groups excluding carboxylic acids is 1. The summed E-state index contributed by atoms with van der Waals surface area (Å²) in [4.78, 5) is 14.0. The van der Waals surface area contributed by atoms with Crippen molar-refractivity contribution in [3.8, 4) is 0 Å². The Morgan fingerprint density at radius 1 is 1.05 bits per heavy atom. The predicted molar refractivity (Wildman–Crippen MR) is 89.7 cm³/mol. The van der Waals surface area contributed by atoms with Crippen LogP contribution in [0.3, 0.4) is 0 Å². The second-order valence-electron chi connectivity index (χ2n) is 5.84. The molecule has 0 heterocycles. The summed E-state index contributed by atoms with van der Waals surface area (Å²) < 4.78 is 5.58. The zero-order chi connectivity index (χ0) is 15.9. The Labute approximate surface area is 131 Å². The number of amides is 1. The number of carbonyl (C=O) groups is 1. The molecule has 0 fully saturated rings. The van der Waals surface area contributed by atoms with Crippen LogP contribution in [0.5, 0.6) is 0 Å². The SMILES string of the molecule is CCCCCCC(CCCC)OC(=O)NCCN(C)CC. The van der Waals surface area contributed by atoms with Crippen molar-refractivity contribution in [2.45, 2.75) is 78.2 Å². The minimum absolute atomic E-state index is 0.0886. The number of alkyl carbamates (subject to hydrolysis) is 1. The lowest BCUT2D eigenvalue weighted by Gasteiger charge is -2.19. The fourth-order valence-corrected chi connectivity index (χ4v) is 2.19. The Kier molecular flexibility index (Phi) is 13.7. The van der Waals surface area contributed by atoms with Crippen molar-refractivity contribution in [3.63, 3.8) is 0 Å². The Balaban J connectivity index is 3.92. The highest BCUT2D eigenvalue weighted by Crippen LogP contribution is 2.14. The van der Waals surface area contributed by atoms with Crippen molar-refractivity contribution in [1.29, 1.82) is 0 Å². The molecule has 0 saturated heterocycles. The number of ether oxygens (including phenoxy) is 1. The molecule has 0 aliphatic heterocycles. The van der Waals surface area contributed by atoms with Crippen LogP contribution in [-0.4, -0.2) is 43.8 Å². The van der Waals surface area contributed by atoms with Gasteiger partial charge in [0, 0.05) is 13.1 Å². The van der Waals surface area contributed by atoms with Crippen LogP contribution in [0, 0.1) is 0 Å². The lowest BCUT2D eigenvalue weighted by Crippen LogP contribution is -2.35. The minimum atomic E-state index is -0.254. The zero-order valence-corrected chi connectivity index (χ0v) is 14.6. The van der Waals surface area contributed by atoms with E-state index in [0.717, 1.165) is 45.2 Å². The molecule has 1 atom stereocenters. The molecule has 0 saturated carbocycles. The van der Waals surface area contributed by atoms with Crippen LogP contribution >= 0.6 is 0 Å². The summed E-state index contributed by atoms with van der Waals surface area (Å²) in [7, 11) is 2.05. The second kappa shape index (κ2) is 14.2. The zero-order valence-electron chi connectivity index (χ0n) is 14.6. The first kappa shape index (κ1) is 20.2. The summed E-state index contributed by atoms with van der Waals surface area (Å²) in [5.74, 6) is 0. The van der Waals surface area contributed by atoms with E-state index < -0.39 is 0 Å². The monoisotopic (exact) mass is 300 g/mol. The number of nitrogens with one attached hydrogen (secondary N) is 1. The molecule has 4 nitrogen and oxygen atoms in total. The summed E-state index contributed by atoms with van der Waals surface area (Å²) in [6.07, 6.45) is 9.03. The van der Waals surface area contributed by atoms with Gasteiger partial charge < -0.3 is 15.0 Å². The number of unbranched alkanes of at least 4 members (excludes halogenated alkanes) is 4. The summed E-state index contributed by atoms with van der Waals surface area (Å²) >= 11 is 0. The van der Waals surface area contributed by atoms with E-state index >= 15 is 0 Å². The second-order valence-corrected chi connectivity index (χ2v) is 5.84. The van der Waals surface area contributed by atoms with Gasteiger partial charge in [0.2, 0.25) is 0 Å². The van der Waals surface area contributed by atoms with Crippen LogP contribution in [-0.2, 0) is 4.74 Å². The maximum Gasteiger partial charge on any atom is 0.407 e. The summed E-state index contributed by atoms with van der Waals surface area (Å²) in [6.45, 7) is 9.00. The van der Waals surface area contributed by atoms with Crippen molar-refractivity contribution in [2.24, 2.45) is 0 Å². The topological polar surface area (TPSA) is 41.6 Å². The van der Waals surface area contributed by atoms with Crippen molar-refractivity contribution in [3.05, 3.63) is 0 Å². The van der Waals surface area contributed by atoms with Gasteiger partial charge in [-0.15, -0.1) is 0 Å². The van der Waals surface area contributed by atoms with E-state index in [4.69, 9.17) is 4.74 Å². The standard InChI is InChI=1S/C17H36N2O2/c1-5-8-10-11-13-16(12-9-6-2)21-17(20)18-14-15-19(4)7-3/h16H,5-15H2,1-4H3,(H,18,20). The lowest BCUT2D eigenvalue weighted by molar-refractivity contribution is 0.0840. The van der Waals surface area contributed by atoms with Crippen molar-refractivity contribution < 1.29 is 9.53 Å². The van der Waals surface area contributed by atoms with Crippen LogP contribution in [0.2, 0.25) is 0 Å². The first-order chi connectivity index (χ1) is 10.1. The van der Waals surface area contributed by atoms with Crippen LogP contribution in [0.1, 0.15) is 72.1 Å². The highest BCUT2D eigenvalue weighted by Gasteiger charge is 2.13. The molecule has 126 valence electrons. The largest absolute Gasteiger partial charge is 0.446 e. The summed E-state index contributed by atoms with van der Waals surface area (Å²) in [5.41, 5.74) is 0. The molecule has 0 aliphatic carbocycles. The minimum Gasteiger partial charge on any atom is -0.446 e. The van der Waals surface area contributed by atoms with E-state index in [2.05, 4.69) is 31.0 Å². The molecule has 0 radical (unpaired) electrons. The van der Waals surface area contributed by atoms with Crippen LogP contribution in [0.15, 0.2) is 0 Å². The Morgan fingerprint density at radius 2 is 1.71 bits per heavy atom. The highest BCUT2D eigenvalue weighted by molar-refractivity contribution is 5.67. The number of likely N-dealkylation sites (N-methyl/N-ethyl adjacent to an activating group) is 1. The van der Waals surface area contributed by atoms with E-state index in [0.29, 0.717) is 6.54 Å². The summed E-state index contributed by atoms with van der Waals surface area (Å²) in [6, 6.07) is 0. The molecule has 0 aromatic carbocycles. The number of nitrogens with zero attached hydrogens (tertiary/aromatic N) is 1. The molecule has 1 unspecified atom stereocenters. The van der Waals surface area contributed by atoms with Crippen LogP contribution < -0.4 is 5.32 Å². The average Bonchev–Trinajstić information content (AvgIpc) is 2.48. The molecule has 0 aliphatic rings. The van der Waals surface area contributed by atoms with E-state index in [-0.39, 0.29) is 12.2 Å². The molecule has 0 aromatic heterocycles. The molecule has 0 aromatic rings. The van der Waals surface area contributed by atoms with Gasteiger partial charge in [0.25, 0.3) is 0 Å². The first-order valence-corrected chi connectivity index (χ1v) is 8.76. The third-order valence-electron chi connectivity index (χ3n) is 3.84. The van der Waals surface area contributed by atoms with E-state index in [1.54, 1.807) is 0 Å². The molecule has 1 amide bonds. The maximum absolute atomic E-state index is 11.8. The predicted octanol–water partition coefficient (Wildman–Crippen LogP) is 4.19. The molecule has 0 bridgehead atoms. The smallest absolute Gasteiger partial charge is 0.407 e. The third kappa shape index (κ3) is 12.7. The Bertz CT molecular complexity index is 247. The van der Waals surface area contributed by atoms with Crippen LogP contribution in [0.4, 0.5) is 4.79 Å². The van der Waals surface area contributed by atoms with Gasteiger partial charge in [0.05, 0.1) is 0 Å². The fourth-order valence-electron chi connectivity index (χ4n) is 2.19. The third-order valence-corrected chi connectivity index (χ3v) is 3.84. The van der Waals surface area contributed by atoms with Crippen molar-refractivity contribution >= 4 is 6.09 Å². The number of rotatable bonds is 13. The highest BCUT2D eigenvalue weighted by atomic mass is 16.6. The van der Waals surface area contributed by atoms with Gasteiger partial charge in [-0.2, -0.15) is 0 Å². The average molecular weight is 300 g/mol. The quantitative estimate of drug-likeness (QED) is 0.518. The van der Waals surface area contributed by atoms with Gasteiger partial charge >= 0.3 is 6.09 Å². The number of hydrogen-bond donors (Lipinski definition) is 1. The molecular formula is C17H36N2O2.